The molecule has 0 unspecified atom stereocenters. The summed E-state index contributed by atoms with van der Waals surface area (Å²) < 4.78 is 6.78. The molecule has 5 aromatic rings. The van der Waals surface area contributed by atoms with Gasteiger partial charge >= 0.3 is 0 Å². The van der Waals surface area contributed by atoms with E-state index in [1.165, 1.54) is 15.0 Å². The normalized spacial score (nSPS) is 12.1. The van der Waals surface area contributed by atoms with Crippen LogP contribution in [0.25, 0.3) is 26.0 Å². The summed E-state index contributed by atoms with van der Waals surface area (Å²) in [4.78, 5) is 9.77. The molecule has 33 heavy (non-hydrogen) atoms. The Hall–Kier alpha value is -2.16. The SMILES string of the molecule is C=C(C)c1cccc(C(C)(C)N(Sc2nc3ccccc3s2)Sc2nc3ccccc3s2)c1. The molecule has 0 aliphatic heterocycles. The Labute approximate surface area is 210 Å². The maximum absolute atomic E-state index is 4.89. The molecule has 2 aromatic heterocycles. The first-order valence-electron chi connectivity index (χ1n) is 10.5. The summed E-state index contributed by atoms with van der Waals surface area (Å²) in [5.41, 5.74) is 5.24. The molecular weight excluding hydrogens is 483 g/mol. The Morgan fingerprint density at radius 3 is 1.88 bits per heavy atom. The number of hydrogen-bond donors (Lipinski definition) is 0. The number of allylic oxidation sites excluding steroid dienone is 1. The maximum atomic E-state index is 4.89. The van der Waals surface area contributed by atoms with E-state index in [1.807, 2.05) is 12.1 Å². The van der Waals surface area contributed by atoms with E-state index < -0.39 is 0 Å². The van der Waals surface area contributed by atoms with Gasteiger partial charge in [0.05, 0.1) is 26.0 Å². The molecule has 0 spiro atoms. The highest BCUT2D eigenvalue weighted by Crippen LogP contribution is 2.47. The van der Waals surface area contributed by atoms with Gasteiger partial charge in [-0.1, -0.05) is 54.6 Å². The Bertz CT molecular complexity index is 1310. The molecule has 0 saturated carbocycles. The zero-order valence-electron chi connectivity index (χ0n) is 18.6. The van der Waals surface area contributed by atoms with Gasteiger partial charge in [0.25, 0.3) is 0 Å². The van der Waals surface area contributed by atoms with Gasteiger partial charge in [0.2, 0.25) is 0 Å². The Balaban J connectivity index is 1.54. The number of aromatic nitrogens is 2. The minimum absolute atomic E-state index is 0.295. The van der Waals surface area contributed by atoms with Crippen molar-refractivity contribution in [1.29, 1.82) is 0 Å². The quantitative estimate of drug-likeness (QED) is 0.206. The molecule has 5 rings (SSSR count). The third-order valence-electron chi connectivity index (χ3n) is 5.39. The zero-order chi connectivity index (χ0) is 23.0. The highest BCUT2D eigenvalue weighted by atomic mass is 32.2. The Kier molecular flexibility index (Phi) is 6.33. The van der Waals surface area contributed by atoms with Gasteiger partial charge in [-0.2, -0.15) is 3.71 Å². The fraction of sp³-hybridized carbons (Fsp3) is 0.154. The highest BCUT2D eigenvalue weighted by molar-refractivity contribution is 8.13. The lowest BCUT2D eigenvalue weighted by molar-refractivity contribution is 0.386. The number of hydrogen-bond acceptors (Lipinski definition) is 7. The van der Waals surface area contributed by atoms with Crippen LogP contribution >= 0.6 is 46.6 Å². The first-order chi connectivity index (χ1) is 15.9. The molecule has 2 heterocycles. The number of para-hydroxylation sites is 2. The fourth-order valence-electron chi connectivity index (χ4n) is 3.44. The van der Waals surface area contributed by atoms with Crippen LogP contribution in [0.1, 0.15) is 31.9 Å². The molecule has 0 N–H and O–H groups in total. The van der Waals surface area contributed by atoms with Gasteiger partial charge in [-0.3, -0.25) is 0 Å². The van der Waals surface area contributed by atoms with Crippen LogP contribution < -0.4 is 0 Å². The van der Waals surface area contributed by atoms with Gasteiger partial charge < -0.3 is 0 Å². The van der Waals surface area contributed by atoms with E-state index in [2.05, 4.69) is 91.7 Å². The number of rotatable bonds is 7. The molecule has 0 fully saturated rings. The van der Waals surface area contributed by atoms with Crippen LogP contribution in [0.3, 0.4) is 0 Å². The number of benzene rings is 3. The van der Waals surface area contributed by atoms with Crippen molar-refractivity contribution in [1.82, 2.24) is 13.7 Å². The lowest BCUT2D eigenvalue weighted by Gasteiger charge is -2.35. The minimum atomic E-state index is -0.295. The van der Waals surface area contributed by atoms with Gasteiger partial charge in [0.1, 0.15) is 0 Å². The second-order valence-electron chi connectivity index (χ2n) is 8.25. The van der Waals surface area contributed by atoms with Crippen LogP contribution in [-0.4, -0.2) is 13.7 Å². The molecule has 7 heteroatoms. The molecule has 0 saturated heterocycles. The second-order valence-corrected chi connectivity index (χ2v) is 12.9. The summed E-state index contributed by atoms with van der Waals surface area (Å²) in [5, 5.41) is 0. The van der Waals surface area contributed by atoms with Crippen molar-refractivity contribution in [2.24, 2.45) is 0 Å². The summed E-state index contributed by atoms with van der Waals surface area (Å²) in [5.74, 6) is 0. The molecule has 3 nitrogen and oxygen atoms in total. The van der Waals surface area contributed by atoms with E-state index in [9.17, 15) is 0 Å². The zero-order valence-corrected chi connectivity index (χ0v) is 21.9. The van der Waals surface area contributed by atoms with Gasteiger partial charge in [-0.05, 0) is 62.2 Å². The summed E-state index contributed by atoms with van der Waals surface area (Å²) in [6, 6.07) is 25.3. The van der Waals surface area contributed by atoms with Crippen molar-refractivity contribution in [2.75, 3.05) is 0 Å². The van der Waals surface area contributed by atoms with Crippen molar-refractivity contribution in [3.8, 4) is 0 Å². The van der Waals surface area contributed by atoms with Gasteiger partial charge in [-0.25, -0.2) is 9.97 Å². The predicted molar refractivity (Wildman–Crippen MR) is 147 cm³/mol. The van der Waals surface area contributed by atoms with Crippen LogP contribution in [0.2, 0.25) is 0 Å². The number of thiazole rings is 2. The third kappa shape index (κ3) is 4.74. The first-order valence-corrected chi connectivity index (χ1v) is 13.7. The van der Waals surface area contributed by atoms with Gasteiger partial charge in [0, 0.05) is 23.9 Å². The van der Waals surface area contributed by atoms with Crippen LogP contribution in [0, 0.1) is 0 Å². The number of fused-ring (bicyclic) bond motifs is 2. The molecule has 3 aromatic carbocycles. The topological polar surface area (TPSA) is 29.0 Å². The van der Waals surface area contributed by atoms with Crippen LogP contribution in [0.15, 0.2) is 88.1 Å². The lowest BCUT2D eigenvalue weighted by Crippen LogP contribution is -2.31. The molecular formula is C26H23N3S4. The predicted octanol–water partition coefficient (Wildman–Crippen LogP) is 8.89. The molecule has 0 radical (unpaired) electrons. The van der Waals surface area contributed by atoms with Crippen LogP contribution in [0.5, 0.6) is 0 Å². The van der Waals surface area contributed by atoms with E-state index >= 15 is 0 Å². The second kappa shape index (κ2) is 9.24. The van der Waals surface area contributed by atoms with Crippen molar-refractivity contribution in [3.05, 3.63) is 90.5 Å². The Morgan fingerprint density at radius 2 is 1.36 bits per heavy atom. The standard InChI is InChI=1S/C26H23N3S4/c1-17(2)18-10-9-11-19(16-18)26(3,4)29(32-24-27-20-12-5-7-14-22(20)30-24)33-25-28-21-13-6-8-15-23(21)31-25/h5-16H,1H2,2-4H3. The lowest BCUT2D eigenvalue weighted by atomic mass is 9.93. The highest BCUT2D eigenvalue weighted by Gasteiger charge is 2.33. The third-order valence-corrected chi connectivity index (χ3v) is 10.2. The molecule has 0 bridgehead atoms. The average molecular weight is 506 g/mol. The molecule has 166 valence electrons. The monoisotopic (exact) mass is 505 g/mol. The van der Waals surface area contributed by atoms with E-state index in [-0.39, 0.29) is 5.54 Å². The first kappa shape index (κ1) is 22.6. The average Bonchev–Trinajstić information content (AvgIpc) is 3.41. The Morgan fingerprint density at radius 1 is 0.818 bits per heavy atom. The molecule has 0 aliphatic rings. The van der Waals surface area contributed by atoms with Crippen LogP contribution in [-0.2, 0) is 5.54 Å². The largest absolute Gasteiger partial charge is 0.228 e. The van der Waals surface area contributed by atoms with Gasteiger partial charge in [0.15, 0.2) is 8.68 Å². The molecule has 0 aliphatic carbocycles. The van der Waals surface area contributed by atoms with Crippen LogP contribution in [0.4, 0.5) is 0 Å². The minimum Gasteiger partial charge on any atom is -0.228 e. The summed E-state index contributed by atoms with van der Waals surface area (Å²) in [6.45, 7) is 10.7. The van der Waals surface area contributed by atoms with E-state index in [1.54, 1.807) is 46.6 Å². The maximum Gasteiger partial charge on any atom is 0.167 e. The molecule has 0 atom stereocenters. The van der Waals surface area contributed by atoms with Gasteiger partial charge in [-0.15, -0.1) is 22.7 Å². The summed E-state index contributed by atoms with van der Waals surface area (Å²) in [6.07, 6.45) is 0. The van der Waals surface area contributed by atoms with E-state index in [0.717, 1.165) is 30.8 Å². The van der Waals surface area contributed by atoms with Crippen molar-refractivity contribution >= 4 is 72.6 Å². The number of nitrogens with zero attached hydrogens (tertiary/aromatic N) is 3. The summed E-state index contributed by atoms with van der Waals surface area (Å²) in [7, 11) is 0. The molecule has 0 amide bonds. The van der Waals surface area contributed by atoms with Crippen molar-refractivity contribution in [2.45, 2.75) is 35.0 Å². The smallest absolute Gasteiger partial charge is 0.167 e. The van der Waals surface area contributed by atoms with E-state index in [4.69, 9.17) is 9.97 Å². The summed E-state index contributed by atoms with van der Waals surface area (Å²) >= 11 is 6.82. The van der Waals surface area contributed by atoms with E-state index in [0.29, 0.717) is 0 Å². The van der Waals surface area contributed by atoms with Crippen molar-refractivity contribution < 1.29 is 0 Å². The van der Waals surface area contributed by atoms with Crippen molar-refractivity contribution in [3.63, 3.8) is 0 Å². The fourth-order valence-corrected chi connectivity index (χ4v) is 8.20.